The summed E-state index contributed by atoms with van der Waals surface area (Å²) in [6.45, 7) is 0.475. The van der Waals surface area contributed by atoms with Crippen LogP contribution in [0.5, 0.6) is 0 Å². The second kappa shape index (κ2) is 3.25. The van der Waals surface area contributed by atoms with Gasteiger partial charge in [-0.25, -0.2) is 0 Å². The molecule has 1 aliphatic rings. The molecule has 5 heteroatoms. The van der Waals surface area contributed by atoms with Crippen LogP contribution in [0.2, 0.25) is 0 Å². The second-order valence-electron chi connectivity index (χ2n) is 2.13. The molecular formula is C6H8N2O3. The molecule has 0 spiro atoms. The largest absolute Gasteiger partial charge is 0.468 e. The van der Waals surface area contributed by atoms with Crippen LogP contribution < -0.4 is 0 Å². The SMILES string of the molecule is O=COCCC1(O)C=CN=N1. The van der Waals surface area contributed by atoms with E-state index in [1.54, 1.807) is 0 Å². The number of nitrogens with zero attached hydrogens (tertiary/aromatic N) is 2. The van der Waals surface area contributed by atoms with E-state index >= 15 is 0 Å². The zero-order valence-corrected chi connectivity index (χ0v) is 5.80. The molecule has 0 aromatic carbocycles. The van der Waals surface area contributed by atoms with Gasteiger partial charge in [-0.2, -0.15) is 5.11 Å². The maximum Gasteiger partial charge on any atom is 0.293 e. The Balaban J connectivity index is 2.30. The van der Waals surface area contributed by atoms with Gasteiger partial charge >= 0.3 is 0 Å². The van der Waals surface area contributed by atoms with Crippen molar-refractivity contribution in [3.8, 4) is 0 Å². The van der Waals surface area contributed by atoms with Gasteiger partial charge < -0.3 is 9.84 Å². The maximum atomic E-state index is 9.71. The maximum absolute atomic E-state index is 9.71. The molecule has 0 bridgehead atoms. The molecule has 60 valence electrons. The van der Waals surface area contributed by atoms with Crippen molar-refractivity contribution in [1.29, 1.82) is 0 Å². The van der Waals surface area contributed by atoms with Gasteiger partial charge in [0.25, 0.3) is 6.47 Å². The van der Waals surface area contributed by atoms with Crippen LogP contribution in [0.15, 0.2) is 22.5 Å². The summed E-state index contributed by atoms with van der Waals surface area (Å²) in [5.74, 6) is 0. The molecule has 0 saturated heterocycles. The lowest BCUT2D eigenvalue weighted by atomic mass is 10.2. The molecule has 0 radical (unpaired) electrons. The van der Waals surface area contributed by atoms with E-state index in [-0.39, 0.29) is 13.0 Å². The summed E-state index contributed by atoms with van der Waals surface area (Å²) < 4.78 is 4.38. The van der Waals surface area contributed by atoms with Gasteiger partial charge in [-0.3, -0.25) is 4.79 Å². The minimum atomic E-state index is -1.26. The number of carbonyl (C=O) groups excluding carboxylic acids is 1. The van der Waals surface area contributed by atoms with E-state index in [9.17, 15) is 9.90 Å². The van der Waals surface area contributed by atoms with Gasteiger partial charge in [0.05, 0.1) is 12.8 Å². The number of ether oxygens (including phenoxy) is 1. The Morgan fingerprint density at radius 3 is 3.09 bits per heavy atom. The minimum absolute atomic E-state index is 0.142. The first-order valence-corrected chi connectivity index (χ1v) is 3.14. The fraction of sp³-hybridized carbons (Fsp3) is 0.500. The normalized spacial score (nSPS) is 27.4. The third-order valence-electron chi connectivity index (χ3n) is 1.29. The molecule has 1 aliphatic heterocycles. The monoisotopic (exact) mass is 156 g/mol. The number of hydrogen-bond donors (Lipinski definition) is 1. The summed E-state index contributed by atoms with van der Waals surface area (Å²) in [7, 11) is 0. The summed E-state index contributed by atoms with van der Waals surface area (Å²) in [6.07, 6.45) is 3.09. The Kier molecular flexibility index (Phi) is 2.32. The molecule has 0 aromatic heterocycles. The van der Waals surface area contributed by atoms with Crippen LogP contribution in [0.25, 0.3) is 0 Å². The van der Waals surface area contributed by atoms with Gasteiger partial charge in [0.15, 0.2) is 0 Å². The number of hydrogen-bond acceptors (Lipinski definition) is 5. The van der Waals surface area contributed by atoms with Gasteiger partial charge in [-0.15, -0.1) is 5.11 Å². The van der Waals surface area contributed by atoms with Crippen molar-refractivity contribution in [1.82, 2.24) is 0 Å². The highest BCUT2D eigenvalue weighted by Gasteiger charge is 2.25. The highest BCUT2D eigenvalue weighted by atomic mass is 16.5. The summed E-state index contributed by atoms with van der Waals surface area (Å²) >= 11 is 0. The van der Waals surface area contributed by atoms with E-state index in [0.717, 1.165) is 0 Å². The lowest BCUT2D eigenvalue weighted by Gasteiger charge is -2.12. The van der Waals surface area contributed by atoms with E-state index in [0.29, 0.717) is 6.47 Å². The van der Waals surface area contributed by atoms with Crippen molar-refractivity contribution < 1.29 is 14.6 Å². The third-order valence-corrected chi connectivity index (χ3v) is 1.29. The van der Waals surface area contributed by atoms with E-state index in [1.165, 1.54) is 12.3 Å². The first kappa shape index (κ1) is 7.87. The topological polar surface area (TPSA) is 71.2 Å². The van der Waals surface area contributed by atoms with Crippen molar-refractivity contribution in [2.75, 3.05) is 6.61 Å². The van der Waals surface area contributed by atoms with E-state index in [4.69, 9.17) is 0 Å². The smallest absolute Gasteiger partial charge is 0.293 e. The summed E-state index contributed by atoms with van der Waals surface area (Å²) in [5.41, 5.74) is -1.26. The number of aliphatic hydroxyl groups is 1. The predicted octanol–water partition coefficient (Wildman–Crippen LogP) is 0.218. The Hall–Kier alpha value is -1.23. The third kappa shape index (κ3) is 2.12. The van der Waals surface area contributed by atoms with Gasteiger partial charge in [-0.1, -0.05) is 0 Å². The van der Waals surface area contributed by atoms with Crippen LogP contribution in [-0.2, 0) is 9.53 Å². The molecule has 0 aliphatic carbocycles. The molecule has 5 nitrogen and oxygen atoms in total. The highest BCUT2D eigenvalue weighted by Crippen LogP contribution is 2.19. The molecule has 0 amide bonds. The van der Waals surface area contributed by atoms with Gasteiger partial charge in [0, 0.05) is 6.42 Å². The second-order valence-corrected chi connectivity index (χ2v) is 2.13. The zero-order chi connectivity index (χ0) is 8.16. The molecule has 11 heavy (non-hydrogen) atoms. The molecule has 1 rings (SSSR count). The predicted molar refractivity (Wildman–Crippen MR) is 35.6 cm³/mol. The zero-order valence-electron chi connectivity index (χ0n) is 5.80. The minimum Gasteiger partial charge on any atom is -0.468 e. The van der Waals surface area contributed by atoms with Crippen LogP contribution in [0.3, 0.4) is 0 Å². The summed E-state index contributed by atoms with van der Waals surface area (Å²) in [6, 6.07) is 0. The molecule has 1 heterocycles. The van der Waals surface area contributed by atoms with Gasteiger partial charge in [0.1, 0.15) is 0 Å². The highest BCUT2D eigenvalue weighted by molar-refractivity contribution is 5.36. The van der Waals surface area contributed by atoms with Crippen molar-refractivity contribution in [2.24, 2.45) is 10.2 Å². The van der Waals surface area contributed by atoms with Gasteiger partial charge in [0.2, 0.25) is 5.72 Å². The molecule has 0 fully saturated rings. The van der Waals surface area contributed by atoms with E-state index in [1.807, 2.05) is 0 Å². The Morgan fingerprint density at radius 2 is 2.55 bits per heavy atom. The van der Waals surface area contributed by atoms with E-state index < -0.39 is 5.72 Å². The van der Waals surface area contributed by atoms with Crippen LogP contribution in [0.1, 0.15) is 6.42 Å². The lowest BCUT2D eigenvalue weighted by molar-refractivity contribution is -0.129. The lowest BCUT2D eigenvalue weighted by Crippen LogP contribution is -2.22. The van der Waals surface area contributed by atoms with Crippen LogP contribution in [-0.4, -0.2) is 23.9 Å². The first-order chi connectivity index (χ1) is 5.27. The molecule has 0 saturated carbocycles. The number of carbonyl (C=O) groups is 1. The fourth-order valence-corrected chi connectivity index (χ4v) is 0.710. The summed E-state index contributed by atoms with van der Waals surface area (Å²) in [5, 5.41) is 16.4. The standard InChI is InChI=1S/C6H8N2O3/c9-5-11-4-2-6(10)1-3-7-8-6/h1,3,5,10H,2,4H2. The quantitative estimate of drug-likeness (QED) is 0.467. The van der Waals surface area contributed by atoms with Crippen LogP contribution >= 0.6 is 0 Å². The van der Waals surface area contributed by atoms with Crippen molar-refractivity contribution >= 4 is 6.47 Å². The van der Waals surface area contributed by atoms with E-state index in [2.05, 4.69) is 15.0 Å². The average Bonchev–Trinajstić information content (AvgIpc) is 2.38. The Morgan fingerprint density at radius 1 is 1.73 bits per heavy atom. The van der Waals surface area contributed by atoms with Crippen molar-refractivity contribution in [2.45, 2.75) is 12.1 Å². The first-order valence-electron chi connectivity index (χ1n) is 3.14. The summed E-state index contributed by atoms with van der Waals surface area (Å²) in [4.78, 5) is 9.71. The molecular weight excluding hydrogens is 148 g/mol. The molecule has 1 atom stereocenters. The molecule has 1 unspecified atom stereocenters. The van der Waals surface area contributed by atoms with Crippen molar-refractivity contribution in [3.63, 3.8) is 0 Å². The Labute approximate surface area is 63.4 Å². The average molecular weight is 156 g/mol. The van der Waals surface area contributed by atoms with Gasteiger partial charge in [-0.05, 0) is 6.08 Å². The van der Waals surface area contributed by atoms with Crippen LogP contribution in [0.4, 0.5) is 0 Å². The fourth-order valence-electron chi connectivity index (χ4n) is 0.710. The molecule has 0 aromatic rings. The van der Waals surface area contributed by atoms with Crippen LogP contribution in [0, 0.1) is 0 Å². The number of azo groups is 1. The van der Waals surface area contributed by atoms with Crippen molar-refractivity contribution in [3.05, 3.63) is 12.3 Å². The Bertz CT molecular complexity index is 188. The number of rotatable bonds is 4. The molecule has 1 N–H and O–H groups in total.